The lowest BCUT2D eigenvalue weighted by atomic mass is 9.61. The molecule has 6 rings (SSSR count). The topological polar surface area (TPSA) is 38.5 Å². The van der Waals surface area contributed by atoms with Crippen LogP contribution in [0.15, 0.2) is 78.9 Å². The molecule has 2 bridgehead atoms. The summed E-state index contributed by atoms with van der Waals surface area (Å²) >= 11 is 0. The van der Waals surface area contributed by atoms with Gasteiger partial charge in [-0.3, -0.25) is 4.90 Å². The Hall–Kier alpha value is -2.62. The van der Waals surface area contributed by atoms with Crippen molar-refractivity contribution >= 4 is 0 Å². The third-order valence-corrected chi connectivity index (χ3v) is 8.39. The molecule has 0 aliphatic carbocycles. The van der Waals surface area contributed by atoms with E-state index < -0.39 is 5.66 Å². The fraction of sp³-hybridized carbons (Fsp3) is 0.419. The van der Waals surface area contributed by atoms with Crippen molar-refractivity contribution in [3.8, 4) is 5.75 Å². The third kappa shape index (κ3) is 4.06. The van der Waals surface area contributed by atoms with Crippen LogP contribution in [0, 0.1) is 11.8 Å². The number of fused-ring (bicyclic) bond motifs is 3. The van der Waals surface area contributed by atoms with Crippen LogP contribution in [0.4, 0.5) is 0 Å². The molecule has 3 aromatic rings. The number of hydrogen-bond acceptors (Lipinski definition) is 3. The van der Waals surface area contributed by atoms with E-state index in [4.69, 9.17) is 10.5 Å². The van der Waals surface area contributed by atoms with Crippen LogP contribution >= 0.6 is 0 Å². The summed E-state index contributed by atoms with van der Waals surface area (Å²) in [6, 6.07) is 28.5. The molecule has 3 aliphatic heterocycles. The van der Waals surface area contributed by atoms with E-state index in [9.17, 15) is 0 Å². The van der Waals surface area contributed by atoms with E-state index in [1.807, 2.05) is 0 Å². The summed E-state index contributed by atoms with van der Waals surface area (Å²) in [6.45, 7) is 6.68. The molecule has 3 aliphatic rings. The van der Waals surface area contributed by atoms with Gasteiger partial charge in [0.1, 0.15) is 5.75 Å². The predicted molar refractivity (Wildman–Crippen MR) is 140 cm³/mol. The maximum atomic E-state index is 7.72. The average Bonchev–Trinajstić information content (AvgIpc) is 2.88. The minimum Gasteiger partial charge on any atom is -0.496 e. The van der Waals surface area contributed by atoms with E-state index in [0.29, 0.717) is 17.8 Å². The van der Waals surface area contributed by atoms with Crippen molar-refractivity contribution in [2.45, 2.75) is 50.6 Å². The van der Waals surface area contributed by atoms with Crippen LogP contribution in [0.1, 0.15) is 60.8 Å². The molecule has 0 spiro atoms. The van der Waals surface area contributed by atoms with E-state index in [-0.39, 0.29) is 5.92 Å². The first-order valence-electron chi connectivity index (χ1n) is 12.8. The van der Waals surface area contributed by atoms with Crippen molar-refractivity contribution in [1.29, 1.82) is 0 Å². The summed E-state index contributed by atoms with van der Waals surface area (Å²) in [7, 11) is 1.79. The van der Waals surface area contributed by atoms with Crippen LogP contribution < -0.4 is 10.5 Å². The standard InChI is InChI=1S/C31H38N2O/c1-22(2)26-14-15-29(34-3)27(20-26)21-28-23-16-18-33(19-17-23)31(28,32)30(24-10-6-4-7-11-24)25-12-8-5-9-13-25/h4-15,20,22-23,28,30H,16-19,21,32H2,1-3H3/t28-,31-/m0/s1. The van der Waals surface area contributed by atoms with Crippen LogP contribution in [0.5, 0.6) is 5.75 Å². The summed E-state index contributed by atoms with van der Waals surface area (Å²) in [5.74, 6) is 2.55. The second-order valence-corrected chi connectivity index (χ2v) is 10.5. The number of nitrogens with two attached hydrogens (primary N) is 1. The molecule has 2 N–H and O–H groups in total. The monoisotopic (exact) mass is 454 g/mol. The second-order valence-electron chi connectivity index (χ2n) is 10.5. The number of ether oxygens (including phenoxy) is 1. The Morgan fingerprint density at radius 1 is 0.882 bits per heavy atom. The highest BCUT2D eigenvalue weighted by molar-refractivity contribution is 5.42. The Labute approximate surface area is 204 Å². The maximum Gasteiger partial charge on any atom is 0.122 e. The molecule has 3 fully saturated rings. The van der Waals surface area contributed by atoms with Crippen LogP contribution in [0.2, 0.25) is 0 Å². The minimum atomic E-state index is -0.456. The zero-order valence-electron chi connectivity index (χ0n) is 20.8. The molecule has 178 valence electrons. The van der Waals surface area contributed by atoms with Crippen LogP contribution in [0.3, 0.4) is 0 Å². The molecule has 34 heavy (non-hydrogen) atoms. The summed E-state index contributed by atoms with van der Waals surface area (Å²) in [5.41, 5.74) is 12.5. The first-order chi connectivity index (χ1) is 16.5. The Morgan fingerprint density at radius 3 is 2.00 bits per heavy atom. The molecule has 0 amide bonds. The van der Waals surface area contributed by atoms with Crippen molar-refractivity contribution in [3.63, 3.8) is 0 Å². The number of nitrogens with zero attached hydrogens (tertiary/aromatic N) is 1. The molecule has 3 nitrogen and oxygen atoms in total. The number of methoxy groups -OCH3 is 1. The highest BCUT2D eigenvalue weighted by Crippen LogP contribution is 2.51. The molecule has 0 saturated carbocycles. The van der Waals surface area contributed by atoms with Gasteiger partial charge in [-0.1, -0.05) is 86.6 Å². The smallest absolute Gasteiger partial charge is 0.122 e. The summed E-state index contributed by atoms with van der Waals surface area (Å²) < 4.78 is 5.85. The van der Waals surface area contributed by atoms with Gasteiger partial charge in [0.25, 0.3) is 0 Å². The summed E-state index contributed by atoms with van der Waals surface area (Å²) in [5, 5.41) is 0. The third-order valence-electron chi connectivity index (χ3n) is 8.39. The highest BCUT2D eigenvalue weighted by Gasteiger charge is 2.55. The van der Waals surface area contributed by atoms with Gasteiger partial charge in [-0.15, -0.1) is 0 Å². The van der Waals surface area contributed by atoms with Gasteiger partial charge in [-0.2, -0.15) is 0 Å². The highest BCUT2D eigenvalue weighted by atomic mass is 16.5. The quantitative estimate of drug-likeness (QED) is 0.463. The van der Waals surface area contributed by atoms with Gasteiger partial charge in [-0.25, -0.2) is 0 Å². The molecule has 2 atom stereocenters. The van der Waals surface area contributed by atoms with Crippen molar-refractivity contribution in [2.24, 2.45) is 17.6 Å². The number of hydrogen-bond donors (Lipinski definition) is 1. The maximum absolute atomic E-state index is 7.72. The van der Waals surface area contributed by atoms with E-state index >= 15 is 0 Å². The van der Waals surface area contributed by atoms with E-state index in [1.165, 1.54) is 35.1 Å². The number of piperidine rings is 3. The predicted octanol–water partition coefficient (Wildman–Crippen LogP) is 6.19. The molecular formula is C31H38N2O. The van der Waals surface area contributed by atoms with Gasteiger partial charge in [0.2, 0.25) is 0 Å². The molecule has 3 aromatic carbocycles. The van der Waals surface area contributed by atoms with Crippen molar-refractivity contribution in [2.75, 3.05) is 20.2 Å². The first-order valence-corrected chi connectivity index (χ1v) is 12.8. The van der Waals surface area contributed by atoms with Gasteiger partial charge in [0.15, 0.2) is 0 Å². The molecule has 0 unspecified atom stereocenters. The van der Waals surface area contributed by atoms with Gasteiger partial charge in [0, 0.05) is 19.0 Å². The second kappa shape index (κ2) is 9.56. The average molecular weight is 455 g/mol. The van der Waals surface area contributed by atoms with E-state index in [0.717, 1.165) is 25.3 Å². The molecule has 0 radical (unpaired) electrons. The lowest BCUT2D eigenvalue weighted by molar-refractivity contribution is -0.0920. The molecule has 0 aromatic heterocycles. The Balaban J connectivity index is 1.63. The van der Waals surface area contributed by atoms with E-state index in [2.05, 4.69) is 97.6 Å². The van der Waals surface area contributed by atoms with Crippen LogP contribution in [-0.4, -0.2) is 30.8 Å². The normalized spacial score (nSPS) is 26.2. The largest absolute Gasteiger partial charge is 0.496 e. The number of benzene rings is 3. The van der Waals surface area contributed by atoms with Gasteiger partial charge < -0.3 is 10.5 Å². The number of rotatable bonds is 7. The summed E-state index contributed by atoms with van der Waals surface area (Å²) in [6.07, 6.45) is 3.40. The van der Waals surface area contributed by atoms with Gasteiger partial charge in [-0.05, 0) is 65.3 Å². The zero-order chi connectivity index (χ0) is 23.7. The lowest BCUT2D eigenvalue weighted by Gasteiger charge is -2.61. The van der Waals surface area contributed by atoms with Crippen molar-refractivity contribution in [3.05, 3.63) is 101 Å². The SMILES string of the molecule is COc1ccc(C(C)C)cc1C[C@H]1C2CCN(CC2)[C@]1(N)C(c1ccccc1)c1ccccc1. The van der Waals surface area contributed by atoms with Crippen molar-refractivity contribution < 1.29 is 4.74 Å². The Bertz CT molecular complexity index is 1050. The van der Waals surface area contributed by atoms with Gasteiger partial charge >= 0.3 is 0 Å². The Kier molecular flexibility index (Phi) is 6.50. The molecular weight excluding hydrogens is 416 g/mol. The first kappa shape index (κ1) is 23.1. The van der Waals surface area contributed by atoms with Crippen LogP contribution in [0.25, 0.3) is 0 Å². The fourth-order valence-corrected chi connectivity index (χ4v) is 6.60. The summed E-state index contributed by atoms with van der Waals surface area (Å²) in [4.78, 5) is 2.60. The molecule has 3 heterocycles. The Morgan fingerprint density at radius 2 is 1.47 bits per heavy atom. The molecule has 3 saturated heterocycles. The van der Waals surface area contributed by atoms with Crippen LogP contribution in [-0.2, 0) is 6.42 Å². The van der Waals surface area contributed by atoms with E-state index in [1.54, 1.807) is 7.11 Å². The van der Waals surface area contributed by atoms with Gasteiger partial charge in [0.05, 0.1) is 12.8 Å². The fourth-order valence-electron chi connectivity index (χ4n) is 6.60. The zero-order valence-corrected chi connectivity index (χ0v) is 20.8. The molecule has 3 heteroatoms. The minimum absolute atomic E-state index is 0.113. The lowest BCUT2D eigenvalue weighted by Crippen LogP contribution is -2.72. The van der Waals surface area contributed by atoms with Crippen molar-refractivity contribution in [1.82, 2.24) is 4.90 Å².